The number of aromatic nitrogens is 2. The monoisotopic (exact) mass is 412 g/mol. The van der Waals surface area contributed by atoms with E-state index in [0.717, 1.165) is 6.42 Å². The standard InChI is InChI=1S/C24H20N4O3/c1-3-12-31-24(30)16-8-10-17(11-9-16)26-14-19-15(2)18(13-25)22-27-20-6-4-5-7-21(20)28(22)23(19)29/h4-11,14,26H,3,12H2,1-2H3/b19-14-. The number of carbonyl (C=O) groups is 1. The highest BCUT2D eigenvalue weighted by Gasteiger charge is 2.16. The Bertz CT molecular complexity index is 1450. The maximum atomic E-state index is 13.2. The van der Waals surface area contributed by atoms with Crippen LogP contribution in [-0.4, -0.2) is 22.0 Å². The molecule has 0 aliphatic rings. The van der Waals surface area contributed by atoms with Crippen LogP contribution >= 0.6 is 0 Å². The SMILES string of the molecule is CCCOC(=O)c1ccc(N/C=c2/c(C)c(C#N)c3nc4ccccc4n3c2=O)cc1. The van der Waals surface area contributed by atoms with E-state index in [1.165, 1.54) is 4.40 Å². The Morgan fingerprint density at radius 2 is 1.97 bits per heavy atom. The van der Waals surface area contributed by atoms with E-state index in [0.29, 0.717) is 50.9 Å². The number of hydrogen-bond acceptors (Lipinski definition) is 6. The van der Waals surface area contributed by atoms with Gasteiger partial charge in [0.25, 0.3) is 5.56 Å². The molecule has 0 aliphatic carbocycles. The first-order valence-electron chi connectivity index (χ1n) is 9.93. The summed E-state index contributed by atoms with van der Waals surface area (Å²) in [5.41, 5.74) is 3.48. The molecule has 2 aromatic heterocycles. The molecule has 2 heterocycles. The molecule has 0 spiro atoms. The van der Waals surface area contributed by atoms with Gasteiger partial charge in [-0.25, -0.2) is 9.78 Å². The van der Waals surface area contributed by atoms with Gasteiger partial charge in [0, 0.05) is 11.9 Å². The first-order valence-corrected chi connectivity index (χ1v) is 9.93. The van der Waals surface area contributed by atoms with Gasteiger partial charge in [-0.15, -0.1) is 0 Å². The van der Waals surface area contributed by atoms with Crippen molar-refractivity contribution in [3.63, 3.8) is 0 Å². The van der Waals surface area contributed by atoms with Gasteiger partial charge in [0.2, 0.25) is 0 Å². The summed E-state index contributed by atoms with van der Waals surface area (Å²) in [4.78, 5) is 29.6. The molecule has 0 saturated heterocycles. The van der Waals surface area contributed by atoms with E-state index >= 15 is 0 Å². The third kappa shape index (κ3) is 3.60. The molecule has 0 aliphatic heterocycles. The van der Waals surface area contributed by atoms with Crippen LogP contribution in [0.15, 0.2) is 53.3 Å². The van der Waals surface area contributed by atoms with Gasteiger partial charge in [-0.2, -0.15) is 5.26 Å². The van der Waals surface area contributed by atoms with E-state index in [9.17, 15) is 14.9 Å². The van der Waals surface area contributed by atoms with Gasteiger partial charge in [0.05, 0.1) is 34.0 Å². The van der Waals surface area contributed by atoms with E-state index in [-0.39, 0.29) is 11.5 Å². The van der Waals surface area contributed by atoms with Gasteiger partial charge in [0.1, 0.15) is 6.07 Å². The molecule has 0 saturated carbocycles. The Morgan fingerprint density at radius 1 is 1.23 bits per heavy atom. The van der Waals surface area contributed by atoms with E-state index in [1.54, 1.807) is 43.5 Å². The van der Waals surface area contributed by atoms with Gasteiger partial charge in [-0.05, 0) is 55.3 Å². The summed E-state index contributed by atoms with van der Waals surface area (Å²) in [7, 11) is 0. The van der Waals surface area contributed by atoms with Crippen LogP contribution < -0.4 is 16.1 Å². The number of para-hydroxylation sites is 2. The minimum atomic E-state index is -0.369. The summed E-state index contributed by atoms with van der Waals surface area (Å²) in [5.74, 6) is -0.369. The second-order valence-corrected chi connectivity index (χ2v) is 7.09. The van der Waals surface area contributed by atoms with Gasteiger partial charge in [-0.1, -0.05) is 19.1 Å². The zero-order valence-electron chi connectivity index (χ0n) is 17.2. The third-order valence-corrected chi connectivity index (χ3v) is 5.05. The van der Waals surface area contributed by atoms with Crippen LogP contribution in [0, 0.1) is 18.3 Å². The average molecular weight is 412 g/mol. The molecule has 4 rings (SSSR count). The van der Waals surface area contributed by atoms with Crippen molar-refractivity contribution in [1.82, 2.24) is 9.38 Å². The van der Waals surface area contributed by atoms with Crippen molar-refractivity contribution in [1.29, 1.82) is 5.26 Å². The number of carbonyl (C=O) groups excluding carboxylic acids is 1. The first kappa shape index (κ1) is 20.1. The number of ether oxygens (including phenoxy) is 1. The first-order chi connectivity index (χ1) is 15.0. The van der Waals surface area contributed by atoms with Crippen LogP contribution in [0.5, 0.6) is 0 Å². The van der Waals surface area contributed by atoms with Crippen LogP contribution in [-0.2, 0) is 4.74 Å². The van der Waals surface area contributed by atoms with Gasteiger partial charge in [-0.3, -0.25) is 9.20 Å². The van der Waals surface area contributed by atoms with Crippen molar-refractivity contribution in [3.05, 3.63) is 80.8 Å². The summed E-state index contributed by atoms with van der Waals surface area (Å²) < 4.78 is 6.60. The number of benzene rings is 2. The van der Waals surface area contributed by atoms with Gasteiger partial charge < -0.3 is 10.1 Å². The second-order valence-electron chi connectivity index (χ2n) is 7.09. The summed E-state index contributed by atoms with van der Waals surface area (Å²) in [5, 5.41) is 13.2. The van der Waals surface area contributed by atoms with Crippen molar-refractivity contribution < 1.29 is 9.53 Å². The second kappa shape index (κ2) is 8.28. The number of nitriles is 1. The van der Waals surface area contributed by atoms with E-state index < -0.39 is 0 Å². The lowest BCUT2D eigenvalue weighted by Crippen LogP contribution is -2.34. The molecular formula is C24H20N4O3. The average Bonchev–Trinajstić information content (AvgIpc) is 3.17. The van der Waals surface area contributed by atoms with E-state index in [4.69, 9.17) is 4.74 Å². The summed E-state index contributed by atoms with van der Waals surface area (Å²) in [6.07, 6.45) is 2.34. The zero-order chi connectivity index (χ0) is 22.0. The Hall–Kier alpha value is -4.18. The molecule has 31 heavy (non-hydrogen) atoms. The lowest BCUT2D eigenvalue weighted by Gasteiger charge is -2.06. The van der Waals surface area contributed by atoms with Crippen molar-refractivity contribution in [3.8, 4) is 6.07 Å². The number of anilines is 1. The molecule has 0 bridgehead atoms. The van der Waals surface area contributed by atoms with Crippen LogP contribution in [0.1, 0.15) is 34.8 Å². The number of imidazole rings is 1. The topological polar surface area (TPSA) is 96.5 Å². The van der Waals surface area contributed by atoms with Crippen LogP contribution in [0.4, 0.5) is 5.69 Å². The van der Waals surface area contributed by atoms with Crippen molar-refractivity contribution in [2.75, 3.05) is 11.9 Å². The lowest BCUT2D eigenvalue weighted by atomic mass is 10.1. The Balaban J connectivity index is 1.76. The molecular weight excluding hydrogens is 392 g/mol. The molecule has 154 valence electrons. The number of fused-ring (bicyclic) bond motifs is 3. The van der Waals surface area contributed by atoms with Gasteiger partial charge >= 0.3 is 5.97 Å². The Kier molecular flexibility index (Phi) is 5.37. The fourth-order valence-electron chi connectivity index (χ4n) is 3.42. The smallest absolute Gasteiger partial charge is 0.338 e. The molecule has 0 unspecified atom stereocenters. The number of hydrogen-bond donors (Lipinski definition) is 1. The molecule has 7 nitrogen and oxygen atoms in total. The number of esters is 1. The van der Waals surface area contributed by atoms with Crippen LogP contribution in [0.3, 0.4) is 0 Å². The number of pyridine rings is 1. The molecule has 0 radical (unpaired) electrons. The van der Waals surface area contributed by atoms with Crippen molar-refractivity contribution >= 4 is 34.5 Å². The van der Waals surface area contributed by atoms with Crippen molar-refractivity contribution in [2.45, 2.75) is 20.3 Å². The summed E-state index contributed by atoms with van der Waals surface area (Å²) in [6, 6.07) is 16.3. The largest absolute Gasteiger partial charge is 0.462 e. The number of rotatable bonds is 5. The normalized spacial score (nSPS) is 11.6. The minimum Gasteiger partial charge on any atom is -0.462 e. The fraction of sp³-hybridized carbons (Fsp3) is 0.167. The minimum absolute atomic E-state index is 0.257. The molecule has 4 aromatic rings. The van der Waals surface area contributed by atoms with Crippen molar-refractivity contribution in [2.24, 2.45) is 0 Å². The summed E-state index contributed by atoms with van der Waals surface area (Å²) >= 11 is 0. The van der Waals surface area contributed by atoms with Gasteiger partial charge in [0.15, 0.2) is 5.65 Å². The summed E-state index contributed by atoms with van der Waals surface area (Å²) in [6.45, 7) is 4.05. The van der Waals surface area contributed by atoms with E-state index in [1.807, 2.05) is 25.1 Å². The third-order valence-electron chi connectivity index (χ3n) is 5.05. The Morgan fingerprint density at radius 3 is 2.68 bits per heavy atom. The molecule has 0 atom stereocenters. The fourth-order valence-corrected chi connectivity index (χ4v) is 3.42. The predicted octanol–water partition coefficient (Wildman–Crippen LogP) is 3.16. The van der Waals surface area contributed by atoms with E-state index in [2.05, 4.69) is 16.4 Å². The molecule has 1 N–H and O–H groups in total. The quantitative estimate of drug-likeness (QED) is 0.506. The molecule has 0 amide bonds. The lowest BCUT2D eigenvalue weighted by molar-refractivity contribution is 0.0505. The highest BCUT2D eigenvalue weighted by atomic mass is 16.5. The molecule has 7 heteroatoms. The highest BCUT2D eigenvalue weighted by molar-refractivity contribution is 5.90. The molecule has 2 aromatic carbocycles. The zero-order valence-corrected chi connectivity index (χ0v) is 17.2. The molecule has 0 fully saturated rings. The number of nitrogens with zero attached hydrogens (tertiary/aromatic N) is 3. The van der Waals surface area contributed by atoms with Crippen LogP contribution in [0.25, 0.3) is 22.9 Å². The number of nitrogens with one attached hydrogen (secondary N) is 1. The maximum Gasteiger partial charge on any atom is 0.338 e. The highest BCUT2D eigenvalue weighted by Crippen LogP contribution is 2.17. The van der Waals surface area contributed by atoms with Crippen LogP contribution in [0.2, 0.25) is 0 Å². The predicted molar refractivity (Wildman–Crippen MR) is 119 cm³/mol. The maximum absolute atomic E-state index is 13.2. The Labute approximate surface area is 178 Å².